The van der Waals surface area contributed by atoms with Crippen LogP contribution in [0.2, 0.25) is 0 Å². The number of nitrogens with one attached hydrogen (secondary N) is 1. The molecule has 3 aliphatic rings. The van der Waals surface area contributed by atoms with E-state index in [1.807, 2.05) is 6.07 Å². The van der Waals surface area contributed by atoms with E-state index in [0.717, 1.165) is 31.7 Å². The number of rotatable bonds is 4. The Bertz CT molecular complexity index is 502. The fraction of sp³-hybridized carbons (Fsp3) is 0.812. The first kappa shape index (κ1) is 11.8. The van der Waals surface area contributed by atoms with Gasteiger partial charge in [-0.1, -0.05) is 0 Å². The van der Waals surface area contributed by atoms with E-state index in [2.05, 4.69) is 10.2 Å². The van der Waals surface area contributed by atoms with Crippen molar-refractivity contribution in [2.45, 2.75) is 63.1 Å². The number of hydrogen-bond donors (Lipinski definition) is 1. The van der Waals surface area contributed by atoms with Crippen LogP contribution in [0.25, 0.3) is 0 Å². The second-order valence-corrected chi connectivity index (χ2v) is 6.96. The highest BCUT2D eigenvalue weighted by Crippen LogP contribution is 2.62. The Balaban J connectivity index is 1.41. The Morgan fingerprint density at radius 3 is 3.00 bits per heavy atom. The predicted molar refractivity (Wildman–Crippen MR) is 75.3 cm³/mol. The van der Waals surface area contributed by atoms with Gasteiger partial charge in [-0.15, -0.1) is 0 Å². The molecule has 20 heavy (non-hydrogen) atoms. The average Bonchev–Trinajstić information content (AvgIpc) is 3.20. The van der Waals surface area contributed by atoms with Crippen LogP contribution in [0.5, 0.6) is 0 Å². The topological polar surface area (TPSA) is 47.1 Å². The molecule has 110 valence electrons. The molecule has 4 rings (SSSR count). The summed E-state index contributed by atoms with van der Waals surface area (Å²) in [6.07, 6.45) is 9.87. The molecule has 1 unspecified atom stereocenters. The normalized spacial score (nSPS) is 41.0. The van der Waals surface area contributed by atoms with E-state index >= 15 is 0 Å². The highest BCUT2D eigenvalue weighted by molar-refractivity contribution is 5.23. The van der Waals surface area contributed by atoms with Crippen molar-refractivity contribution >= 4 is 0 Å². The molecule has 4 nitrogen and oxygen atoms in total. The van der Waals surface area contributed by atoms with E-state index in [1.165, 1.54) is 38.5 Å². The molecule has 2 bridgehead atoms. The summed E-state index contributed by atoms with van der Waals surface area (Å²) < 4.78 is 19.4. The molecule has 3 fully saturated rings. The van der Waals surface area contributed by atoms with Crippen LogP contribution in [0.3, 0.4) is 0 Å². The van der Waals surface area contributed by atoms with E-state index in [4.69, 9.17) is 10.8 Å². The van der Waals surface area contributed by atoms with Gasteiger partial charge in [-0.25, -0.2) is 0 Å². The lowest BCUT2D eigenvalue weighted by molar-refractivity contribution is -0.178. The first-order valence-corrected chi connectivity index (χ1v) is 7.96. The third-order valence-corrected chi connectivity index (χ3v) is 5.69. The van der Waals surface area contributed by atoms with Gasteiger partial charge in [0.05, 0.1) is 13.7 Å². The summed E-state index contributed by atoms with van der Waals surface area (Å²) in [4.78, 5) is 0. The smallest absolute Gasteiger partial charge is 0.157 e. The largest absolute Gasteiger partial charge is 0.353 e. The number of H-pyrrole nitrogens is 1. The van der Waals surface area contributed by atoms with Crippen molar-refractivity contribution < 1.29 is 10.8 Å². The standard InChI is InChI=1S/C16H24N2O2/c1-2-10-19-14(3-1)20-12-15-5-7-16(11-15,8-6-15)13-4-9-17-18-13/h4,9,14H,1-3,5-8,10-12H2,(H,17,18)/i9D. The van der Waals surface area contributed by atoms with Crippen molar-refractivity contribution in [2.75, 3.05) is 13.2 Å². The predicted octanol–water partition coefficient (Wildman–Crippen LogP) is 3.15. The molecule has 1 aromatic rings. The Hall–Kier alpha value is -0.870. The summed E-state index contributed by atoms with van der Waals surface area (Å²) in [5.74, 6) is 0. The lowest BCUT2D eigenvalue weighted by Gasteiger charge is -2.30. The van der Waals surface area contributed by atoms with Gasteiger partial charge in [-0.3, -0.25) is 5.10 Å². The van der Waals surface area contributed by atoms with Gasteiger partial charge < -0.3 is 9.47 Å². The molecular formula is C16H24N2O2. The van der Waals surface area contributed by atoms with Gasteiger partial charge in [-0.05, 0) is 62.8 Å². The summed E-state index contributed by atoms with van der Waals surface area (Å²) >= 11 is 0. The molecule has 2 saturated carbocycles. The van der Waals surface area contributed by atoms with Crippen LogP contribution < -0.4 is 0 Å². The Labute approximate surface area is 121 Å². The van der Waals surface area contributed by atoms with Crippen LogP contribution in [0.1, 0.15) is 58.4 Å². The number of ether oxygens (including phenoxy) is 2. The van der Waals surface area contributed by atoms with Crippen molar-refractivity contribution in [3.05, 3.63) is 17.9 Å². The second-order valence-electron chi connectivity index (χ2n) is 6.96. The van der Waals surface area contributed by atoms with Crippen LogP contribution >= 0.6 is 0 Å². The summed E-state index contributed by atoms with van der Waals surface area (Å²) in [7, 11) is 0. The lowest BCUT2D eigenvalue weighted by Crippen LogP contribution is -2.29. The van der Waals surface area contributed by atoms with Crippen molar-refractivity contribution in [1.82, 2.24) is 10.2 Å². The number of nitrogens with zero attached hydrogens (tertiary/aromatic N) is 1. The van der Waals surface area contributed by atoms with Crippen molar-refractivity contribution in [3.8, 4) is 0 Å². The average molecular weight is 277 g/mol. The van der Waals surface area contributed by atoms with Crippen molar-refractivity contribution in [2.24, 2.45) is 5.41 Å². The van der Waals surface area contributed by atoms with Crippen molar-refractivity contribution in [1.29, 1.82) is 0 Å². The van der Waals surface area contributed by atoms with Gasteiger partial charge in [-0.2, -0.15) is 5.10 Å². The monoisotopic (exact) mass is 277 g/mol. The SMILES string of the molecule is [2H]c1cc(C23CCC(COC4CCCCO4)(CC2)C3)n[nH]1. The summed E-state index contributed by atoms with van der Waals surface area (Å²) in [5, 5.41) is 7.16. The van der Waals surface area contributed by atoms with Gasteiger partial charge in [0.15, 0.2) is 6.29 Å². The maximum Gasteiger partial charge on any atom is 0.157 e. The third-order valence-electron chi connectivity index (χ3n) is 5.69. The lowest BCUT2D eigenvalue weighted by atomic mass is 9.80. The first-order chi connectivity index (χ1) is 10.2. The molecule has 1 N–H and O–H groups in total. The van der Waals surface area contributed by atoms with Gasteiger partial charge >= 0.3 is 0 Å². The van der Waals surface area contributed by atoms with E-state index in [0.29, 0.717) is 11.6 Å². The van der Waals surface area contributed by atoms with E-state index in [-0.39, 0.29) is 11.7 Å². The van der Waals surface area contributed by atoms with Gasteiger partial charge in [0, 0.05) is 18.2 Å². The molecule has 2 heterocycles. The molecular weight excluding hydrogens is 252 g/mol. The van der Waals surface area contributed by atoms with Crippen LogP contribution in [0.4, 0.5) is 0 Å². The van der Waals surface area contributed by atoms with E-state index in [1.54, 1.807) is 0 Å². The summed E-state index contributed by atoms with van der Waals surface area (Å²) in [6, 6.07) is 1.91. The number of fused-ring (bicyclic) bond motifs is 2. The maximum atomic E-state index is 7.66. The highest BCUT2D eigenvalue weighted by Gasteiger charge is 2.56. The second kappa shape index (κ2) is 4.85. The van der Waals surface area contributed by atoms with Crippen LogP contribution in [0.15, 0.2) is 12.2 Å². The van der Waals surface area contributed by atoms with Gasteiger partial charge in [0.2, 0.25) is 0 Å². The highest BCUT2D eigenvalue weighted by atomic mass is 16.7. The van der Waals surface area contributed by atoms with Crippen LogP contribution in [-0.2, 0) is 14.9 Å². The Morgan fingerprint density at radius 2 is 2.30 bits per heavy atom. The van der Waals surface area contributed by atoms with Crippen molar-refractivity contribution in [3.63, 3.8) is 0 Å². The van der Waals surface area contributed by atoms with Gasteiger partial charge in [0.25, 0.3) is 0 Å². The third kappa shape index (κ3) is 2.09. The van der Waals surface area contributed by atoms with E-state index < -0.39 is 0 Å². The number of aromatic amines is 1. The van der Waals surface area contributed by atoms with E-state index in [9.17, 15) is 0 Å². The molecule has 0 radical (unpaired) electrons. The fourth-order valence-corrected chi connectivity index (χ4v) is 4.48. The summed E-state index contributed by atoms with van der Waals surface area (Å²) in [5.41, 5.74) is 1.62. The van der Waals surface area contributed by atoms with Crippen LogP contribution in [-0.4, -0.2) is 29.7 Å². The zero-order chi connectivity index (χ0) is 14.3. The molecule has 0 spiro atoms. The molecule has 1 saturated heterocycles. The molecule has 1 aromatic heterocycles. The zero-order valence-electron chi connectivity index (χ0n) is 13.0. The molecule has 0 amide bonds. The maximum absolute atomic E-state index is 7.66. The molecule has 1 atom stereocenters. The van der Waals surface area contributed by atoms with Gasteiger partial charge in [0.1, 0.15) is 0 Å². The molecule has 4 heteroatoms. The quantitative estimate of drug-likeness (QED) is 0.919. The number of hydrogen-bond acceptors (Lipinski definition) is 3. The Kier molecular flexibility index (Phi) is 2.85. The first-order valence-electron chi connectivity index (χ1n) is 8.46. The molecule has 1 aliphatic heterocycles. The number of aromatic nitrogens is 2. The Morgan fingerprint density at radius 1 is 1.40 bits per heavy atom. The summed E-state index contributed by atoms with van der Waals surface area (Å²) in [6.45, 7) is 1.68. The molecule has 0 aromatic carbocycles. The minimum Gasteiger partial charge on any atom is -0.353 e. The molecule has 2 aliphatic carbocycles. The minimum absolute atomic E-state index is 0.0222. The van der Waals surface area contributed by atoms with Crippen LogP contribution in [0, 0.1) is 5.41 Å². The minimum atomic E-state index is 0.0222. The zero-order valence-corrected chi connectivity index (χ0v) is 12.0. The fourth-order valence-electron chi connectivity index (χ4n) is 4.48.